The molecule has 32 heavy (non-hydrogen) atoms. The second-order valence-corrected chi connectivity index (χ2v) is 9.03. The fourth-order valence-corrected chi connectivity index (χ4v) is 4.40. The lowest BCUT2D eigenvalue weighted by atomic mass is 10.1. The molecule has 1 aliphatic rings. The number of nitrogens with zero attached hydrogens (tertiary/aromatic N) is 4. The minimum Gasteiger partial charge on any atom is -0.411 e. The first kappa shape index (κ1) is 22.6. The van der Waals surface area contributed by atoms with Crippen molar-refractivity contribution in [2.24, 2.45) is 0 Å². The second kappa shape index (κ2) is 10.4. The van der Waals surface area contributed by atoms with E-state index < -0.39 is 0 Å². The van der Waals surface area contributed by atoms with Crippen LogP contribution in [0.3, 0.4) is 0 Å². The number of amides is 1. The molecule has 0 spiro atoms. The molecule has 0 saturated carbocycles. The van der Waals surface area contributed by atoms with Gasteiger partial charge in [-0.05, 0) is 43.8 Å². The van der Waals surface area contributed by atoms with Gasteiger partial charge in [-0.3, -0.25) is 4.79 Å². The summed E-state index contributed by atoms with van der Waals surface area (Å²) in [5, 5.41) is 12.1. The van der Waals surface area contributed by atoms with E-state index in [0.717, 1.165) is 55.2 Å². The molecule has 9 heteroatoms. The standard InChI is InChI=1S/C23H26ClN5O2S/c1-3-28-9-11-29(12-10-28)20-8-7-18(24)14-19(20)25-21(30)15-32-23-27-26-22(31-23)17-6-4-5-16(2)13-17/h4-8,13-14H,3,9-12,15H2,1-2H3,(H,25,30). The number of rotatable bonds is 7. The fourth-order valence-electron chi connectivity index (χ4n) is 3.67. The Balaban J connectivity index is 1.38. The SMILES string of the molecule is CCN1CCN(c2ccc(Cl)cc2NC(=O)CSc2nnc(-c3cccc(C)c3)o2)CC1. The van der Waals surface area contributed by atoms with Crippen LogP contribution >= 0.6 is 23.4 Å². The summed E-state index contributed by atoms with van der Waals surface area (Å²) in [7, 11) is 0. The van der Waals surface area contributed by atoms with Crippen molar-refractivity contribution >= 4 is 40.6 Å². The smallest absolute Gasteiger partial charge is 0.277 e. The van der Waals surface area contributed by atoms with Gasteiger partial charge >= 0.3 is 0 Å². The lowest BCUT2D eigenvalue weighted by Gasteiger charge is -2.36. The maximum absolute atomic E-state index is 12.7. The van der Waals surface area contributed by atoms with Gasteiger partial charge in [0, 0.05) is 36.8 Å². The average Bonchev–Trinajstić information content (AvgIpc) is 3.27. The number of anilines is 2. The van der Waals surface area contributed by atoms with Crippen molar-refractivity contribution < 1.29 is 9.21 Å². The third-order valence-electron chi connectivity index (χ3n) is 5.39. The first-order valence-electron chi connectivity index (χ1n) is 10.6. The van der Waals surface area contributed by atoms with Gasteiger partial charge in [0.1, 0.15) is 0 Å². The normalized spacial score (nSPS) is 14.5. The van der Waals surface area contributed by atoms with Crippen LogP contribution in [0.15, 0.2) is 52.1 Å². The predicted molar refractivity (Wildman–Crippen MR) is 130 cm³/mol. The maximum Gasteiger partial charge on any atom is 0.277 e. The fraction of sp³-hybridized carbons (Fsp3) is 0.348. The number of benzene rings is 2. The zero-order chi connectivity index (χ0) is 22.5. The molecular weight excluding hydrogens is 446 g/mol. The molecule has 1 aliphatic heterocycles. The monoisotopic (exact) mass is 471 g/mol. The quantitative estimate of drug-likeness (QED) is 0.506. The molecule has 2 aromatic carbocycles. The van der Waals surface area contributed by atoms with E-state index in [1.54, 1.807) is 6.07 Å². The van der Waals surface area contributed by atoms with Gasteiger partial charge in [0.2, 0.25) is 11.8 Å². The minimum atomic E-state index is -0.152. The highest BCUT2D eigenvalue weighted by molar-refractivity contribution is 7.99. The van der Waals surface area contributed by atoms with E-state index in [2.05, 4.69) is 32.2 Å². The highest BCUT2D eigenvalue weighted by Crippen LogP contribution is 2.31. The molecule has 4 rings (SSSR count). The zero-order valence-corrected chi connectivity index (χ0v) is 19.7. The number of carbonyl (C=O) groups excluding carboxylic acids is 1. The summed E-state index contributed by atoms with van der Waals surface area (Å²) in [6, 6.07) is 13.5. The maximum atomic E-state index is 12.7. The molecule has 1 N–H and O–H groups in total. The predicted octanol–water partition coefficient (Wildman–Crippen LogP) is 4.57. The number of hydrogen-bond donors (Lipinski definition) is 1. The Morgan fingerprint density at radius 2 is 1.97 bits per heavy atom. The molecule has 0 aliphatic carbocycles. The minimum absolute atomic E-state index is 0.152. The molecule has 1 aromatic heterocycles. The number of thioether (sulfide) groups is 1. The summed E-state index contributed by atoms with van der Waals surface area (Å²) in [6.45, 7) is 9.07. The van der Waals surface area contributed by atoms with Crippen molar-refractivity contribution in [1.82, 2.24) is 15.1 Å². The van der Waals surface area contributed by atoms with Crippen LogP contribution in [0.4, 0.5) is 11.4 Å². The summed E-state index contributed by atoms with van der Waals surface area (Å²) in [5.74, 6) is 0.450. The second-order valence-electron chi connectivity index (χ2n) is 7.66. The molecule has 0 unspecified atom stereocenters. The van der Waals surface area contributed by atoms with Gasteiger partial charge in [-0.2, -0.15) is 0 Å². The molecule has 7 nitrogen and oxygen atoms in total. The highest BCUT2D eigenvalue weighted by atomic mass is 35.5. The molecule has 3 aromatic rings. The molecule has 1 amide bonds. The van der Waals surface area contributed by atoms with Crippen molar-refractivity contribution in [3.8, 4) is 11.5 Å². The van der Waals surface area contributed by atoms with Crippen LogP contribution in [0.5, 0.6) is 0 Å². The first-order chi connectivity index (χ1) is 15.5. The topological polar surface area (TPSA) is 74.5 Å². The van der Waals surface area contributed by atoms with Crippen LogP contribution in [-0.4, -0.2) is 59.5 Å². The Labute approximate surface area is 197 Å². The van der Waals surface area contributed by atoms with Crippen LogP contribution < -0.4 is 10.2 Å². The first-order valence-corrected chi connectivity index (χ1v) is 12.0. The summed E-state index contributed by atoms with van der Waals surface area (Å²) in [5.41, 5.74) is 3.69. The molecule has 0 bridgehead atoms. The van der Waals surface area contributed by atoms with Crippen molar-refractivity contribution in [2.45, 2.75) is 19.1 Å². The Hall–Kier alpha value is -2.55. The average molecular weight is 472 g/mol. The number of piperazine rings is 1. The lowest BCUT2D eigenvalue weighted by molar-refractivity contribution is -0.113. The summed E-state index contributed by atoms with van der Waals surface area (Å²) < 4.78 is 5.71. The summed E-state index contributed by atoms with van der Waals surface area (Å²) >= 11 is 7.42. The van der Waals surface area contributed by atoms with E-state index in [1.807, 2.05) is 43.3 Å². The largest absolute Gasteiger partial charge is 0.411 e. The Morgan fingerprint density at radius 3 is 2.72 bits per heavy atom. The molecule has 1 saturated heterocycles. The summed E-state index contributed by atoms with van der Waals surface area (Å²) in [4.78, 5) is 17.4. The molecule has 168 valence electrons. The van der Waals surface area contributed by atoms with Gasteiger partial charge in [-0.25, -0.2) is 0 Å². The Bertz CT molecular complexity index is 1080. The molecular formula is C23H26ClN5O2S. The van der Waals surface area contributed by atoms with E-state index in [1.165, 1.54) is 11.8 Å². The number of nitrogens with one attached hydrogen (secondary N) is 1. The molecule has 0 atom stereocenters. The van der Waals surface area contributed by atoms with Crippen molar-refractivity contribution in [1.29, 1.82) is 0 Å². The van der Waals surface area contributed by atoms with Crippen LogP contribution in [-0.2, 0) is 4.79 Å². The number of hydrogen-bond acceptors (Lipinski definition) is 7. The molecule has 0 radical (unpaired) electrons. The Kier molecular flexibility index (Phi) is 7.34. The van der Waals surface area contributed by atoms with Gasteiger partial charge in [0.05, 0.1) is 17.1 Å². The lowest BCUT2D eigenvalue weighted by Crippen LogP contribution is -2.46. The van der Waals surface area contributed by atoms with Gasteiger partial charge < -0.3 is 19.5 Å². The van der Waals surface area contributed by atoms with Crippen molar-refractivity contribution in [3.05, 3.63) is 53.1 Å². The molecule has 2 heterocycles. The van der Waals surface area contributed by atoms with E-state index in [-0.39, 0.29) is 11.7 Å². The van der Waals surface area contributed by atoms with E-state index in [0.29, 0.717) is 16.1 Å². The van der Waals surface area contributed by atoms with E-state index >= 15 is 0 Å². The van der Waals surface area contributed by atoms with Crippen LogP contribution in [0.1, 0.15) is 12.5 Å². The van der Waals surface area contributed by atoms with Gasteiger partial charge in [-0.15, -0.1) is 10.2 Å². The number of carbonyl (C=O) groups is 1. The van der Waals surface area contributed by atoms with Gasteiger partial charge in [0.15, 0.2) is 0 Å². The highest BCUT2D eigenvalue weighted by Gasteiger charge is 2.20. The Morgan fingerprint density at radius 1 is 1.16 bits per heavy atom. The van der Waals surface area contributed by atoms with Crippen LogP contribution in [0.25, 0.3) is 11.5 Å². The van der Waals surface area contributed by atoms with E-state index in [4.69, 9.17) is 16.0 Å². The number of halogens is 1. The summed E-state index contributed by atoms with van der Waals surface area (Å²) in [6.07, 6.45) is 0. The molecule has 1 fully saturated rings. The number of aromatic nitrogens is 2. The van der Waals surface area contributed by atoms with Crippen LogP contribution in [0.2, 0.25) is 5.02 Å². The van der Waals surface area contributed by atoms with Crippen molar-refractivity contribution in [3.63, 3.8) is 0 Å². The third kappa shape index (κ3) is 5.62. The van der Waals surface area contributed by atoms with Gasteiger partial charge in [-0.1, -0.05) is 48.0 Å². The zero-order valence-electron chi connectivity index (χ0n) is 18.2. The van der Waals surface area contributed by atoms with Crippen LogP contribution in [0, 0.1) is 6.92 Å². The van der Waals surface area contributed by atoms with Crippen molar-refractivity contribution in [2.75, 3.05) is 48.7 Å². The number of aryl methyl sites for hydroxylation is 1. The third-order valence-corrected chi connectivity index (χ3v) is 6.44. The number of likely N-dealkylation sites (N-methyl/N-ethyl adjacent to an activating group) is 1. The van der Waals surface area contributed by atoms with Gasteiger partial charge in [0.25, 0.3) is 5.22 Å². The van der Waals surface area contributed by atoms with E-state index in [9.17, 15) is 4.79 Å².